The summed E-state index contributed by atoms with van der Waals surface area (Å²) in [6, 6.07) is 20.1. The van der Waals surface area contributed by atoms with Crippen molar-refractivity contribution in [1.82, 2.24) is 15.3 Å². The SMILES string of the molecule is O=C(NCCc1ccc(O)c(O)c1)c1ccc(CSc2nc3ccccc3[nH]2)cc1. The van der Waals surface area contributed by atoms with Gasteiger partial charge in [-0.2, -0.15) is 0 Å². The average molecular weight is 420 g/mol. The minimum Gasteiger partial charge on any atom is -0.504 e. The Kier molecular flexibility index (Phi) is 5.90. The van der Waals surface area contributed by atoms with Crippen LogP contribution in [0.15, 0.2) is 71.9 Å². The van der Waals surface area contributed by atoms with Crippen molar-refractivity contribution in [2.24, 2.45) is 0 Å². The number of aromatic nitrogens is 2. The van der Waals surface area contributed by atoms with Gasteiger partial charge in [-0.15, -0.1) is 0 Å². The molecular formula is C23H21N3O3S. The van der Waals surface area contributed by atoms with E-state index in [0.29, 0.717) is 18.5 Å². The van der Waals surface area contributed by atoms with Crippen LogP contribution < -0.4 is 5.32 Å². The summed E-state index contributed by atoms with van der Waals surface area (Å²) in [5.74, 6) is 0.303. The number of phenolic OH excluding ortho intramolecular Hbond substituents is 2. The van der Waals surface area contributed by atoms with E-state index in [4.69, 9.17) is 0 Å². The van der Waals surface area contributed by atoms with Crippen LogP contribution in [0.1, 0.15) is 21.5 Å². The molecule has 0 atom stereocenters. The van der Waals surface area contributed by atoms with Crippen molar-refractivity contribution in [3.63, 3.8) is 0 Å². The van der Waals surface area contributed by atoms with E-state index in [9.17, 15) is 15.0 Å². The lowest BCUT2D eigenvalue weighted by Gasteiger charge is -2.07. The maximum absolute atomic E-state index is 12.3. The van der Waals surface area contributed by atoms with Crippen LogP contribution in [-0.4, -0.2) is 32.6 Å². The van der Waals surface area contributed by atoms with E-state index in [1.54, 1.807) is 17.8 Å². The Morgan fingerprint density at radius 3 is 2.50 bits per heavy atom. The first-order valence-corrected chi connectivity index (χ1v) is 10.5. The molecule has 0 saturated heterocycles. The molecule has 0 bridgehead atoms. The summed E-state index contributed by atoms with van der Waals surface area (Å²) in [6.45, 7) is 0.437. The number of imidazole rings is 1. The number of aromatic hydroxyl groups is 2. The Morgan fingerprint density at radius 1 is 0.967 bits per heavy atom. The number of phenols is 2. The summed E-state index contributed by atoms with van der Waals surface area (Å²) < 4.78 is 0. The minimum absolute atomic E-state index is 0.144. The number of carbonyl (C=O) groups excluding carboxylic acids is 1. The van der Waals surface area contributed by atoms with Crippen molar-refractivity contribution in [2.45, 2.75) is 17.3 Å². The summed E-state index contributed by atoms with van der Waals surface area (Å²) in [5, 5.41) is 22.6. The Hall–Kier alpha value is -3.45. The van der Waals surface area contributed by atoms with E-state index in [1.165, 1.54) is 12.1 Å². The van der Waals surface area contributed by atoms with Gasteiger partial charge in [0.15, 0.2) is 16.7 Å². The van der Waals surface area contributed by atoms with Gasteiger partial charge in [-0.3, -0.25) is 4.79 Å². The smallest absolute Gasteiger partial charge is 0.251 e. The number of hydrogen-bond acceptors (Lipinski definition) is 5. The topological polar surface area (TPSA) is 98.2 Å². The molecule has 3 aromatic carbocycles. The van der Waals surface area contributed by atoms with Gasteiger partial charge in [0.25, 0.3) is 5.91 Å². The van der Waals surface area contributed by atoms with Gasteiger partial charge in [0.05, 0.1) is 11.0 Å². The third-order valence-corrected chi connectivity index (χ3v) is 5.64. The lowest BCUT2D eigenvalue weighted by Crippen LogP contribution is -2.25. The molecule has 7 heteroatoms. The highest BCUT2D eigenvalue weighted by Crippen LogP contribution is 2.25. The van der Waals surface area contributed by atoms with Gasteiger partial charge in [0, 0.05) is 17.9 Å². The molecule has 6 nitrogen and oxygen atoms in total. The van der Waals surface area contributed by atoms with Gasteiger partial charge in [-0.1, -0.05) is 42.1 Å². The van der Waals surface area contributed by atoms with Crippen LogP contribution in [0.25, 0.3) is 11.0 Å². The van der Waals surface area contributed by atoms with Gasteiger partial charge < -0.3 is 20.5 Å². The molecule has 4 N–H and O–H groups in total. The zero-order chi connectivity index (χ0) is 20.9. The number of benzene rings is 3. The molecule has 30 heavy (non-hydrogen) atoms. The van der Waals surface area contributed by atoms with E-state index >= 15 is 0 Å². The Labute approximate surface area is 178 Å². The zero-order valence-corrected chi connectivity index (χ0v) is 16.9. The zero-order valence-electron chi connectivity index (χ0n) is 16.1. The van der Waals surface area contributed by atoms with Crippen molar-refractivity contribution < 1.29 is 15.0 Å². The second-order valence-electron chi connectivity index (χ2n) is 6.87. The fraction of sp³-hybridized carbons (Fsp3) is 0.130. The number of carbonyl (C=O) groups is 1. The molecule has 1 amide bonds. The molecule has 0 radical (unpaired) electrons. The molecule has 0 aliphatic heterocycles. The fourth-order valence-corrected chi connectivity index (χ4v) is 3.89. The second kappa shape index (κ2) is 8.92. The summed E-state index contributed by atoms with van der Waals surface area (Å²) in [5.41, 5.74) is 4.52. The number of nitrogens with one attached hydrogen (secondary N) is 2. The number of thioether (sulfide) groups is 1. The van der Waals surface area contributed by atoms with Gasteiger partial charge in [0.2, 0.25) is 0 Å². The van der Waals surface area contributed by atoms with Crippen LogP contribution in [0.5, 0.6) is 11.5 Å². The third kappa shape index (κ3) is 4.75. The molecule has 0 unspecified atom stereocenters. The molecule has 4 aromatic rings. The van der Waals surface area contributed by atoms with Gasteiger partial charge in [-0.25, -0.2) is 4.98 Å². The standard InChI is InChI=1S/C23H21N3O3S/c27-20-10-7-15(13-21(20)28)11-12-24-22(29)17-8-5-16(6-9-17)14-30-23-25-18-3-1-2-4-19(18)26-23/h1-10,13,27-28H,11-12,14H2,(H,24,29)(H,25,26). The predicted molar refractivity (Wildman–Crippen MR) is 118 cm³/mol. The van der Waals surface area contributed by atoms with Crippen molar-refractivity contribution in [3.05, 3.63) is 83.4 Å². The molecule has 4 rings (SSSR count). The normalized spacial score (nSPS) is 10.9. The number of H-pyrrole nitrogens is 1. The van der Waals surface area contributed by atoms with Crippen LogP contribution in [0.3, 0.4) is 0 Å². The first-order valence-electron chi connectivity index (χ1n) is 9.54. The first-order chi connectivity index (χ1) is 14.6. The van der Waals surface area contributed by atoms with Gasteiger partial charge in [0.1, 0.15) is 0 Å². The molecule has 152 valence electrons. The number of aromatic amines is 1. The quantitative estimate of drug-likeness (QED) is 0.265. The Bertz CT molecular complexity index is 1140. The molecule has 0 spiro atoms. The number of nitrogens with zero attached hydrogens (tertiary/aromatic N) is 1. The number of para-hydroxylation sites is 2. The van der Waals surface area contributed by atoms with Crippen molar-refractivity contribution >= 4 is 28.7 Å². The summed E-state index contributed by atoms with van der Waals surface area (Å²) >= 11 is 1.62. The first kappa shape index (κ1) is 19.8. The average Bonchev–Trinajstić information content (AvgIpc) is 3.18. The fourth-order valence-electron chi connectivity index (χ4n) is 3.05. The molecule has 1 heterocycles. The maximum Gasteiger partial charge on any atom is 0.251 e. The van der Waals surface area contributed by atoms with Crippen molar-refractivity contribution in [2.75, 3.05) is 6.54 Å². The van der Waals surface area contributed by atoms with E-state index in [2.05, 4.69) is 15.3 Å². The van der Waals surface area contributed by atoms with Crippen molar-refractivity contribution in [1.29, 1.82) is 0 Å². The monoisotopic (exact) mass is 419 g/mol. The molecule has 1 aromatic heterocycles. The largest absolute Gasteiger partial charge is 0.504 e. The number of rotatable bonds is 7. The second-order valence-corrected chi connectivity index (χ2v) is 7.84. The van der Waals surface area contributed by atoms with Crippen LogP contribution in [0.2, 0.25) is 0 Å². The number of hydrogen-bond donors (Lipinski definition) is 4. The lowest BCUT2D eigenvalue weighted by atomic mass is 10.1. The third-order valence-electron chi connectivity index (χ3n) is 4.70. The number of fused-ring (bicyclic) bond motifs is 1. The maximum atomic E-state index is 12.3. The van der Waals surface area contributed by atoms with E-state index < -0.39 is 0 Å². The highest BCUT2D eigenvalue weighted by Gasteiger charge is 2.07. The highest BCUT2D eigenvalue weighted by molar-refractivity contribution is 7.98. The summed E-state index contributed by atoms with van der Waals surface area (Å²) in [6.07, 6.45) is 0.561. The molecular weight excluding hydrogens is 398 g/mol. The predicted octanol–water partition coefficient (Wildman–Crippen LogP) is 4.24. The number of amides is 1. The summed E-state index contributed by atoms with van der Waals surface area (Å²) in [4.78, 5) is 20.2. The molecule has 0 aliphatic carbocycles. The minimum atomic E-state index is -0.157. The van der Waals surface area contributed by atoms with Gasteiger partial charge in [-0.05, 0) is 53.9 Å². The Morgan fingerprint density at radius 2 is 1.73 bits per heavy atom. The van der Waals surface area contributed by atoms with Gasteiger partial charge >= 0.3 is 0 Å². The van der Waals surface area contributed by atoms with Crippen LogP contribution in [0, 0.1) is 0 Å². The van der Waals surface area contributed by atoms with E-state index in [-0.39, 0.29) is 17.4 Å². The van der Waals surface area contributed by atoms with E-state index in [1.807, 2.05) is 48.5 Å². The Balaban J connectivity index is 1.28. The van der Waals surface area contributed by atoms with Crippen molar-refractivity contribution in [3.8, 4) is 11.5 Å². The van der Waals surface area contributed by atoms with E-state index in [0.717, 1.165) is 33.1 Å². The van der Waals surface area contributed by atoms with Crippen LogP contribution in [0.4, 0.5) is 0 Å². The molecule has 0 fully saturated rings. The van der Waals surface area contributed by atoms with Crippen LogP contribution in [-0.2, 0) is 12.2 Å². The summed E-state index contributed by atoms with van der Waals surface area (Å²) in [7, 11) is 0. The van der Waals surface area contributed by atoms with Crippen LogP contribution >= 0.6 is 11.8 Å². The highest BCUT2D eigenvalue weighted by atomic mass is 32.2. The molecule has 0 saturated carbocycles. The molecule has 0 aliphatic rings. The lowest BCUT2D eigenvalue weighted by molar-refractivity contribution is 0.0954.